The van der Waals surface area contributed by atoms with Crippen molar-refractivity contribution in [2.24, 2.45) is 0 Å². The Balaban J connectivity index is 2.54. The van der Waals surface area contributed by atoms with Gasteiger partial charge in [0.05, 0.1) is 4.83 Å². The van der Waals surface area contributed by atoms with Crippen LogP contribution in [-0.4, -0.2) is 10.6 Å². The summed E-state index contributed by atoms with van der Waals surface area (Å²) in [7, 11) is 0. The minimum Gasteiger partial charge on any atom is -0.293 e. The van der Waals surface area contributed by atoms with Gasteiger partial charge in [-0.25, -0.2) is 4.39 Å². The lowest BCUT2D eigenvalue weighted by atomic mass is 10.1. The first-order valence-corrected chi connectivity index (χ1v) is 4.57. The molecule has 2 rings (SSSR count). The van der Waals surface area contributed by atoms with Crippen molar-refractivity contribution in [3.63, 3.8) is 0 Å². The molecule has 1 nitrogen and oxygen atoms in total. The zero-order chi connectivity index (χ0) is 8.72. The topological polar surface area (TPSA) is 17.1 Å². The molecular formula is C9H6BrFO. The van der Waals surface area contributed by atoms with Gasteiger partial charge in [0.1, 0.15) is 5.82 Å². The van der Waals surface area contributed by atoms with Crippen LogP contribution in [-0.2, 0) is 6.42 Å². The fraction of sp³-hybridized carbons (Fsp3) is 0.222. The molecule has 0 heterocycles. The van der Waals surface area contributed by atoms with E-state index in [2.05, 4.69) is 15.9 Å². The summed E-state index contributed by atoms with van der Waals surface area (Å²) in [5, 5.41) is 0. The lowest BCUT2D eigenvalue weighted by molar-refractivity contribution is 0.100. The molecule has 1 aromatic carbocycles. The molecule has 0 fully saturated rings. The van der Waals surface area contributed by atoms with Crippen molar-refractivity contribution >= 4 is 21.7 Å². The van der Waals surface area contributed by atoms with E-state index in [9.17, 15) is 9.18 Å². The third-order valence-electron chi connectivity index (χ3n) is 2.02. The van der Waals surface area contributed by atoms with E-state index in [4.69, 9.17) is 0 Å². The van der Waals surface area contributed by atoms with Gasteiger partial charge in [-0.05, 0) is 30.2 Å². The molecule has 0 unspecified atom stereocenters. The van der Waals surface area contributed by atoms with E-state index in [0.29, 0.717) is 12.0 Å². The average Bonchev–Trinajstić information content (AvgIpc) is 2.28. The van der Waals surface area contributed by atoms with E-state index in [1.54, 1.807) is 6.07 Å². The average molecular weight is 229 g/mol. The molecule has 1 aliphatic rings. The van der Waals surface area contributed by atoms with E-state index in [0.717, 1.165) is 5.56 Å². The van der Waals surface area contributed by atoms with Crippen LogP contribution < -0.4 is 0 Å². The second-order valence-electron chi connectivity index (χ2n) is 2.84. The highest BCUT2D eigenvalue weighted by atomic mass is 79.9. The maximum Gasteiger partial charge on any atom is 0.177 e. The molecule has 0 amide bonds. The summed E-state index contributed by atoms with van der Waals surface area (Å²) < 4.78 is 12.7. The number of hydrogen-bond acceptors (Lipinski definition) is 1. The fourth-order valence-corrected chi connectivity index (χ4v) is 2.02. The Morgan fingerprint density at radius 1 is 1.50 bits per heavy atom. The van der Waals surface area contributed by atoms with Gasteiger partial charge in [0.25, 0.3) is 0 Å². The number of ketones is 1. The van der Waals surface area contributed by atoms with Gasteiger partial charge >= 0.3 is 0 Å². The Morgan fingerprint density at radius 3 is 3.00 bits per heavy atom. The van der Waals surface area contributed by atoms with Crippen LogP contribution in [0.5, 0.6) is 0 Å². The molecule has 0 radical (unpaired) electrons. The summed E-state index contributed by atoms with van der Waals surface area (Å²) >= 11 is 3.24. The van der Waals surface area contributed by atoms with Crippen LogP contribution in [0.25, 0.3) is 0 Å². The highest BCUT2D eigenvalue weighted by Gasteiger charge is 2.28. The van der Waals surface area contributed by atoms with Gasteiger partial charge in [0, 0.05) is 5.56 Å². The van der Waals surface area contributed by atoms with Gasteiger partial charge in [0.2, 0.25) is 0 Å². The van der Waals surface area contributed by atoms with Crippen LogP contribution in [0.2, 0.25) is 0 Å². The third-order valence-corrected chi connectivity index (χ3v) is 2.76. The first-order valence-electron chi connectivity index (χ1n) is 3.65. The van der Waals surface area contributed by atoms with Crippen LogP contribution >= 0.6 is 15.9 Å². The molecule has 0 saturated carbocycles. The first kappa shape index (κ1) is 7.92. The molecule has 12 heavy (non-hydrogen) atoms. The van der Waals surface area contributed by atoms with Crippen LogP contribution in [0.1, 0.15) is 15.9 Å². The van der Waals surface area contributed by atoms with Crippen molar-refractivity contribution in [3.05, 3.63) is 35.1 Å². The van der Waals surface area contributed by atoms with Crippen molar-refractivity contribution in [2.45, 2.75) is 11.2 Å². The van der Waals surface area contributed by atoms with Gasteiger partial charge in [-0.2, -0.15) is 0 Å². The van der Waals surface area contributed by atoms with Gasteiger partial charge in [-0.3, -0.25) is 4.79 Å². The van der Waals surface area contributed by atoms with Gasteiger partial charge < -0.3 is 0 Å². The van der Waals surface area contributed by atoms with Crippen molar-refractivity contribution in [2.75, 3.05) is 0 Å². The number of halogens is 2. The van der Waals surface area contributed by atoms with Crippen LogP contribution in [0.15, 0.2) is 18.2 Å². The Kier molecular flexibility index (Phi) is 1.76. The van der Waals surface area contributed by atoms with Crippen molar-refractivity contribution in [3.8, 4) is 0 Å². The van der Waals surface area contributed by atoms with Gasteiger partial charge in [0.15, 0.2) is 5.78 Å². The maximum absolute atomic E-state index is 12.7. The van der Waals surface area contributed by atoms with Gasteiger partial charge in [-0.15, -0.1) is 0 Å². The molecule has 1 aromatic rings. The molecule has 1 aliphatic carbocycles. The summed E-state index contributed by atoms with van der Waals surface area (Å²) in [5.41, 5.74) is 1.46. The normalized spacial score (nSPS) is 21.2. The number of alkyl halides is 1. The predicted molar refractivity (Wildman–Crippen MR) is 47.1 cm³/mol. The number of rotatable bonds is 0. The quantitative estimate of drug-likeness (QED) is 0.624. The first-order chi connectivity index (χ1) is 5.68. The lowest BCUT2D eigenvalue weighted by Crippen LogP contribution is -2.05. The molecule has 0 bridgehead atoms. The Hall–Kier alpha value is -0.700. The lowest BCUT2D eigenvalue weighted by Gasteiger charge is -1.94. The predicted octanol–water partition coefficient (Wildman–Crippen LogP) is 2.33. The van der Waals surface area contributed by atoms with Crippen molar-refractivity contribution in [1.82, 2.24) is 0 Å². The van der Waals surface area contributed by atoms with Crippen LogP contribution in [0.3, 0.4) is 0 Å². The summed E-state index contributed by atoms with van der Waals surface area (Å²) in [5.74, 6) is -0.215. The van der Waals surface area contributed by atoms with Crippen molar-refractivity contribution in [1.29, 1.82) is 0 Å². The summed E-state index contributed by atoms with van der Waals surface area (Å²) in [6.45, 7) is 0. The third kappa shape index (κ3) is 1.08. The zero-order valence-corrected chi connectivity index (χ0v) is 7.77. The summed E-state index contributed by atoms with van der Waals surface area (Å²) in [6.07, 6.45) is 0.603. The molecule has 62 valence electrons. The van der Waals surface area contributed by atoms with E-state index in [1.165, 1.54) is 12.1 Å². The second-order valence-corrected chi connectivity index (χ2v) is 3.94. The Morgan fingerprint density at radius 2 is 2.25 bits per heavy atom. The number of hydrogen-bond donors (Lipinski definition) is 0. The minimum atomic E-state index is -0.275. The Labute approximate surface area is 77.7 Å². The van der Waals surface area contributed by atoms with Crippen LogP contribution in [0, 0.1) is 5.82 Å². The molecule has 0 saturated heterocycles. The number of fused-ring (bicyclic) bond motifs is 1. The summed E-state index contributed by atoms with van der Waals surface area (Å²) in [4.78, 5) is 11.2. The molecule has 0 N–H and O–H groups in total. The monoisotopic (exact) mass is 228 g/mol. The standard InChI is InChI=1S/C9H6BrFO/c10-8-4-5-3-6(11)1-2-7(5)9(8)12/h1-3,8H,4H2/t8-/m0/s1. The molecule has 0 spiro atoms. The Bertz CT molecular complexity index is 348. The maximum atomic E-state index is 12.7. The number of Topliss-reactive ketones (excluding diaryl/α,β-unsaturated/α-hetero) is 1. The number of carbonyl (C=O) groups is 1. The second kappa shape index (κ2) is 2.66. The molecule has 3 heteroatoms. The summed E-state index contributed by atoms with van der Waals surface area (Å²) in [6, 6.07) is 4.30. The van der Waals surface area contributed by atoms with Crippen molar-refractivity contribution < 1.29 is 9.18 Å². The highest BCUT2D eigenvalue weighted by molar-refractivity contribution is 9.10. The van der Waals surface area contributed by atoms with Gasteiger partial charge in [-0.1, -0.05) is 15.9 Å². The number of benzene rings is 1. The smallest absolute Gasteiger partial charge is 0.177 e. The minimum absolute atomic E-state index is 0.0602. The molecular weight excluding hydrogens is 223 g/mol. The largest absolute Gasteiger partial charge is 0.293 e. The highest BCUT2D eigenvalue weighted by Crippen LogP contribution is 2.27. The van der Waals surface area contributed by atoms with E-state index in [1.807, 2.05) is 0 Å². The van der Waals surface area contributed by atoms with E-state index < -0.39 is 0 Å². The molecule has 1 atom stereocenters. The zero-order valence-electron chi connectivity index (χ0n) is 6.18. The van der Waals surface area contributed by atoms with E-state index >= 15 is 0 Å². The SMILES string of the molecule is O=C1c2ccc(F)cc2C[C@@H]1Br. The fourth-order valence-electron chi connectivity index (χ4n) is 1.43. The molecule has 0 aromatic heterocycles. The van der Waals surface area contributed by atoms with Crippen LogP contribution in [0.4, 0.5) is 4.39 Å². The van der Waals surface area contributed by atoms with E-state index in [-0.39, 0.29) is 16.4 Å². The molecule has 0 aliphatic heterocycles. The number of carbonyl (C=O) groups excluding carboxylic acids is 1.